The van der Waals surface area contributed by atoms with Crippen molar-refractivity contribution in [1.29, 1.82) is 0 Å². The average Bonchev–Trinajstić information content (AvgIpc) is 2.14. The minimum absolute atomic E-state index is 0.765. The fourth-order valence-corrected chi connectivity index (χ4v) is 1.40. The van der Waals surface area contributed by atoms with Crippen LogP contribution in [-0.2, 0) is 0 Å². The summed E-state index contributed by atoms with van der Waals surface area (Å²) in [5.74, 6) is 1.60. The Morgan fingerprint density at radius 3 is 2.75 bits per heavy atom. The van der Waals surface area contributed by atoms with Crippen LogP contribution in [0.2, 0.25) is 0 Å². The predicted molar refractivity (Wildman–Crippen MR) is 36.3 cm³/mol. The van der Waals surface area contributed by atoms with Gasteiger partial charge in [0.1, 0.15) is 0 Å². The monoisotopic (exact) mass is 133 g/mol. The lowest BCUT2D eigenvalue weighted by atomic mass is 10.2. The molecule has 1 atom stereocenters. The maximum atomic E-state index is 5.65. The van der Waals surface area contributed by atoms with Gasteiger partial charge in [0.25, 0.3) is 0 Å². The Bertz CT molecular complexity index is 74.9. The van der Waals surface area contributed by atoms with E-state index in [0.717, 1.165) is 11.8 Å². The van der Waals surface area contributed by atoms with Crippen LogP contribution in [0, 0.1) is 5.92 Å². The second-order valence-electron chi connectivity index (χ2n) is 2.57. The molecule has 1 nitrogen and oxygen atoms in total. The summed E-state index contributed by atoms with van der Waals surface area (Å²) in [5, 5.41) is 0. The molecule has 2 heteroatoms. The lowest BCUT2D eigenvalue weighted by Gasteiger charge is -2.05. The van der Waals surface area contributed by atoms with Crippen molar-refractivity contribution in [2.75, 3.05) is 26.0 Å². The van der Waals surface area contributed by atoms with Gasteiger partial charge in [-0.3, -0.25) is 0 Å². The first-order valence-electron chi connectivity index (χ1n) is 3.07. The van der Waals surface area contributed by atoms with E-state index in [1.807, 2.05) is 0 Å². The van der Waals surface area contributed by atoms with Crippen molar-refractivity contribution in [2.24, 2.45) is 5.92 Å². The Labute approximate surface area is 55.6 Å². The quantitative estimate of drug-likeness (QED) is 0.486. The van der Waals surface area contributed by atoms with E-state index in [0.29, 0.717) is 0 Å². The van der Waals surface area contributed by atoms with Crippen molar-refractivity contribution in [3.8, 4) is 0 Å². The Hall–Kier alpha value is 0.250. The Balaban J connectivity index is 2.22. The van der Waals surface area contributed by atoms with Crippen molar-refractivity contribution in [3.63, 3.8) is 0 Å². The highest BCUT2D eigenvalue weighted by Crippen LogP contribution is 2.14. The van der Waals surface area contributed by atoms with E-state index in [2.05, 4.69) is 11.9 Å². The van der Waals surface area contributed by atoms with Gasteiger partial charge >= 0.3 is 0 Å². The molecule has 1 fully saturated rings. The average molecular weight is 134 g/mol. The molecule has 0 spiro atoms. The van der Waals surface area contributed by atoms with Crippen molar-refractivity contribution in [2.45, 2.75) is 6.42 Å². The molecule has 0 saturated carbocycles. The number of halogens is 1. The highest BCUT2D eigenvalue weighted by atomic mass is 35.5. The minimum Gasteiger partial charge on any atom is -0.306 e. The lowest BCUT2D eigenvalue weighted by molar-refractivity contribution is 0.402. The molecule has 1 aliphatic rings. The van der Waals surface area contributed by atoms with Crippen LogP contribution in [0.5, 0.6) is 0 Å². The van der Waals surface area contributed by atoms with Crippen LogP contribution < -0.4 is 0 Å². The second kappa shape index (κ2) is 2.70. The zero-order valence-corrected chi connectivity index (χ0v) is 5.99. The van der Waals surface area contributed by atoms with Gasteiger partial charge in [0.15, 0.2) is 0 Å². The smallest absolute Gasteiger partial charge is 0.0264 e. The Kier molecular flexibility index (Phi) is 2.15. The summed E-state index contributed by atoms with van der Waals surface area (Å²) in [6, 6.07) is 0. The maximum absolute atomic E-state index is 5.65. The van der Waals surface area contributed by atoms with Crippen LogP contribution >= 0.6 is 11.6 Å². The number of likely N-dealkylation sites (tertiary alicyclic amines) is 1. The Morgan fingerprint density at radius 2 is 2.50 bits per heavy atom. The fourth-order valence-electron chi connectivity index (χ4n) is 1.15. The molecule has 1 aliphatic heterocycles. The highest BCUT2D eigenvalue weighted by molar-refractivity contribution is 6.18. The van der Waals surface area contributed by atoms with Crippen LogP contribution in [0.1, 0.15) is 6.42 Å². The molecular formula is C6H12ClN. The first-order valence-corrected chi connectivity index (χ1v) is 3.61. The molecule has 1 rings (SSSR count). The number of hydrogen-bond acceptors (Lipinski definition) is 1. The van der Waals surface area contributed by atoms with Gasteiger partial charge in [0.05, 0.1) is 0 Å². The predicted octanol–water partition coefficient (Wildman–Crippen LogP) is 1.18. The van der Waals surface area contributed by atoms with Gasteiger partial charge in [-0.15, -0.1) is 11.6 Å². The van der Waals surface area contributed by atoms with Crippen LogP contribution in [0.3, 0.4) is 0 Å². The second-order valence-corrected chi connectivity index (χ2v) is 2.88. The number of rotatable bonds is 1. The van der Waals surface area contributed by atoms with Gasteiger partial charge < -0.3 is 4.90 Å². The molecule has 48 valence electrons. The Morgan fingerprint density at radius 1 is 1.75 bits per heavy atom. The zero-order chi connectivity index (χ0) is 5.98. The van der Waals surface area contributed by atoms with Crippen molar-refractivity contribution in [3.05, 3.63) is 0 Å². The first kappa shape index (κ1) is 6.37. The zero-order valence-electron chi connectivity index (χ0n) is 5.23. The van der Waals surface area contributed by atoms with Gasteiger partial charge in [-0.25, -0.2) is 0 Å². The summed E-state index contributed by atoms with van der Waals surface area (Å²) in [7, 11) is 2.15. The van der Waals surface area contributed by atoms with E-state index in [4.69, 9.17) is 11.6 Å². The number of nitrogens with zero attached hydrogens (tertiary/aromatic N) is 1. The molecule has 0 bridgehead atoms. The highest BCUT2D eigenvalue weighted by Gasteiger charge is 2.17. The molecule has 0 aromatic carbocycles. The normalized spacial score (nSPS) is 31.5. The van der Waals surface area contributed by atoms with E-state index < -0.39 is 0 Å². The van der Waals surface area contributed by atoms with Crippen LogP contribution in [0.25, 0.3) is 0 Å². The number of hydrogen-bond donors (Lipinski definition) is 0. The molecule has 0 N–H and O–H groups in total. The van der Waals surface area contributed by atoms with E-state index in [1.165, 1.54) is 19.5 Å². The van der Waals surface area contributed by atoms with Gasteiger partial charge in [0, 0.05) is 12.4 Å². The molecule has 0 aromatic rings. The van der Waals surface area contributed by atoms with Crippen molar-refractivity contribution >= 4 is 11.6 Å². The van der Waals surface area contributed by atoms with E-state index >= 15 is 0 Å². The van der Waals surface area contributed by atoms with Crippen molar-refractivity contribution in [1.82, 2.24) is 4.90 Å². The lowest BCUT2D eigenvalue weighted by Crippen LogP contribution is -2.14. The maximum Gasteiger partial charge on any atom is 0.0264 e. The molecular weight excluding hydrogens is 122 g/mol. The van der Waals surface area contributed by atoms with Gasteiger partial charge in [-0.2, -0.15) is 0 Å². The fraction of sp³-hybridized carbons (Fsp3) is 1.00. The molecule has 0 aliphatic carbocycles. The summed E-state index contributed by atoms with van der Waals surface area (Å²) in [6.45, 7) is 2.43. The largest absolute Gasteiger partial charge is 0.306 e. The molecule has 0 radical (unpaired) electrons. The summed E-state index contributed by atoms with van der Waals surface area (Å²) < 4.78 is 0. The van der Waals surface area contributed by atoms with Crippen LogP contribution in [0.15, 0.2) is 0 Å². The van der Waals surface area contributed by atoms with Gasteiger partial charge in [-0.05, 0) is 25.9 Å². The van der Waals surface area contributed by atoms with E-state index in [-0.39, 0.29) is 0 Å². The van der Waals surface area contributed by atoms with Gasteiger partial charge in [0.2, 0.25) is 0 Å². The summed E-state index contributed by atoms with van der Waals surface area (Å²) in [6.07, 6.45) is 1.29. The summed E-state index contributed by atoms with van der Waals surface area (Å²) in [5.41, 5.74) is 0. The summed E-state index contributed by atoms with van der Waals surface area (Å²) >= 11 is 5.65. The first-order chi connectivity index (χ1) is 3.83. The third-order valence-electron chi connectivity index (χ3n) is 1.71. The molecule has 1 saturated heterocycles. The summed E-state index contributed by atoms with van der Waals surface area (Å²) in [4.78, 5) is 2.33. The third-order valence-corrected chi connectivity index (χ3v) is 2.14. The molecule has 0 aromatic heterocycles. The van der Waals surface area contributed by atoms with Crippen molar-refractivity contribution < 1.29 is 0 Å². The minimum atomic E-state index is 0.765. The molecule has 0 amide bonds. The van der Waals surface area contributed by atoms with Crippen LogP contribution in [0.4, 0.5) is 0 Å². The van der Waals surface area contributed by atoms with Crippen LogP contribution in [-0.4, -0.2) is 30.9 Å². The standard InChI is InChI=1S/C6H12ClN/c1-8-3-2-6(4-7)5-8/h6H,2-5H2,1H3/t6-/m1/s1. The molecule has 1 heterocycles. The molecule has 8 heavy (non-hydrogen) atoms. The number of alkyl halides is 1. The van der Waals surface area contributed by atoms with E-state index in [1.54, 1.807) is 0 Å². The van der Waals surface area contributed by atoms with E-state index in [9.17, 15) is 0 Å². The topological polar surface area (TPSA) is 3.24 Å². The third kappa shape index (κ3) is 1.36. The van der Waals surface area contributed by atoms with Gasteiger partial charge in [-0.1, -0.05) is 0 Å². The molecule has 0 unspecified atom stereocenters. The SMILES string of the molecule is CN1CC[C@H](CCl)C1.